The lowest BCUT2D eigenvalue weighted by Crippen LogP contribution is -2.21. The van der Waals surface area contributed by atoms with Gasteiger partial charge < -0.3 is 15.4 Å². The number of carbonyl (C=O) groups excluding carboxylic acids is 1. The Morgan fingerprint density at radius 3 is 2.75 bits per heavy atom. The number of rotatable bonds is 6. The van der Waals surface area contributed by atoms with Gasteiger partial charge in [-0.25, -0.2) is 4.98 Å². The molecule has 2 N–H and O–H groups in total. The maximum absolute atomic E-state index is 12.0. The summed E-state index contributed by atoms with van der Waals surface area (Å²) in [5.74, 6) is 0.695. The first-order chi connectivity index (χ1) is 9.72. The molecule has 0 bridgehead atoms. The van der Waals surface area contributed by atoms with E-state index in [0.29, 0.717) is 11.4 Å². The Hall–Kier alpha value is -2.08. The molecule has 0 spiro atoms. The molecule has 20 heavy (non-hydrogen) atoms. The van der Waals surface area contributed by atoms with E-state index in [1.54, 1.807) is 13.3 Å². The van der Waals surface area contributed by atoms with Crippen LogP contribution >= 0.6 is 11.3 Å². The van der Waals surface area contributed by atoms with Crippen LogP contribution in [-0.4, -0.2) is 24.5 Å². The monoisotopic (exact) mass is 291 g/mol. The smallest absolute Gasteiger partial charge is 0.263 e. The van der Waals surface area contributed by atoms with Crippen molar-refractivity contribution < 1.29 is 9.53 Å². The van der Waals surface area contributed by atoms with Crippen molar-refractivity contribution in [2.45, 2.75) is 13.5 Å². The number of amides is 1. The van der Waals surface area contributed by atoms with Crippen molar-refractivity contribution >= 4 is 22.4 Å². The molecule has 1 amide bonds. The first-order valence-corrected chi connectivity index (χ1v) is 7.15. The fourth-order valence-corrected chi connectivity index (χ4v) is 2.43. The van der Waals surface area contributed by atoms with E-state index >= 15 is 0 Å². The number of carbonyl (C=O) groups is 1. The van der Waals surface area contributed by atoms with Gasteiger partial charge in [-0.15, -0.1) is 0 Å². The summed E-state index contributed by atoms with van der Waals surface area (Å²) < 4.78 is 5.09. The highest BCUT2D eigenvalue weighted by atomic mass is 32.1. The summed E-state index contributed by atoms with van der Waals surface area (Å²) in [6, 6.07) is 7.60. The first-order valence-electron chi connectivity index (χ1n) is 6.33. The third-order valence-electron chi connectivity index (χ3n) is 2.67. The molecule has 0 radical (unpaired) electrons. The van der Waals surface area contributed by atoms with Crippen LogP contribution in [0.1, 0.15) is 22.2 Å². The number of aromatic nitrogens is 1. The highest BCUT2D eigenvalue weighted by Crippen LogP contribution is 2.17. The summed E-state index contributed by atoms with van der Waals surface area (Å²) >= 11 is 1.35. The van der Waals surface area contributed by atoms with Crippen LogP contribution in [0.15, 0.2) is 30.5 Å². The number of methoxy groups -OCH3 is 1. The lowest BCUT2D eigenvalue weighted by molar-refractivity contribution is 0.0955. The Morgan fingerprint density at radius 2 is 2.10 bits per heavy atom. The molecule has 1 aromatic heterocycles. The number of ether oxygens (including phenoxy) is 1. The minimum atomic E-state index is -0.109. The Bertz CT molecular complexity index is 566. The average molecular weight is 291 g/mol. The third-order valence-corrected chi connectivity index (χ3v) is 3.62. The van der Waals surface area contributed by atoms with Crippen LogP contribution in [0.2, 0.25) is 0 Å². The van der Waals surface area contributed by atoms with Crippen molar-refractivity contribution in [1.29, 1.82) is 0 Å². The molecule has 0 atom stereocenters. The Morgan fingerprint density at radius 1 is 1.35 bits per heavy atom. The second kappa shape index (κ2) is 6.91. The normalized spacial score (nSPS) is 10.1. The maximum atomic E-state index is 12.0. The van der Waals surface area contributed by atoms with Gasteiger partial charge in [-0.2, -0.15) is 0 Å². The average Bonchev–Trinajstić information content (AvgIpc) is 2.94. The molecule has 106 valence electrons. The Labute approximate surface area is 122 Å². The maximum Gasteiger partial charge on any atom is 0.263 e. The van der Waals surface area contributed by atoms with Crippen LogP contribution in [-0.2, 0) is 6.54 Å². The fourth-order valence-electron chi connectivity index (χ4n) is 1.62. The molecule has 2 aromatic rings. The van der Waals surface area contributed by atoms with Gasteiger partial charge >= 0.3 is 0 Å². The highest BCUT2D eigenvalue weighted by Gasteiger charge is 2.09. The number of nitrogens with one attached hydrogen (secondary N) is 2. The van der Waals surface area contributed by atoms with Crippen LogP contribution in [0, 0.1) is 0 Å². The third kappa shape index (κ3) is 3.71. The molecule has 0 aliphatic heterocycles. The van der Waals surface area contributed by atoms with Crippen LogP contribution in [0.5, 0.6) is 5.75 Å². The van der Waals surface area contributed by atoms with Gasteiger partial charge in [0.05, 0.1) is 13.3 Å². The molecule has 2 rings (SSSR count). The molecule has 0 aliphatic rings. The van der Waals surface area contributed by atoms with E-state index in [1.165, 1.54) is 11.3 Å². The van der Waals surface area contributed by atoms with E-state index < -0.39 is 0 Å². The van der Waals surface area contributed by atoms with Gasteiger partial charge in [-0.05, 0) is 24.6 Å². The minimum absolute atomic E-state index is 0.109. The van der Waals surface area contributed by atoms with E-state index in [0.717, 1.165) is 23.0 Å². The largest absolute Gasteiger partial charge is 0.497 e. The van der Waals surface area contributed by atoms with Crippen LogP contribution in [0.4, 0.5) is 5.13 Å². The van der Waals surface area contributed by atoms with Gasteiger partial charge in [0.1, 0.15) is 10.6 Å². The fraction of sp³-hybridized carbons (Fsp3) is 0.286. The van der Waals surface area contributed by atoms with Crippen LogP contribution in [0.3, 0.4) is 0 Å². The summed E-state index contributed by atoms with van der Waals surface area (Å²) in [6.45, 7) is 3.27. The molecule has 0 aliphatic carbocycles. The summed E-state index contributed by atoms with van der Waals surface area (Å²) in [5.41, 5.74) is 1.02. The number of thiazole rings is 1. The van der Waals surface area contributed by atoms with Crippen LogP contribution < -0.4 is 15.4 Å². The van der Waals surface area contributed by atoms with E-state index in [2.05, 4.69) is 15.6 Å². The lowest BCUT2D eigenvalue weighted by atomic mass is 10.2. The van der Waals surface area contributed by atoms with E-state index in [9.17, 15) is 4.79 Å². The predicted molar refractivity (Wildman–Crippen MR) is 80.4 cm³/mol. The van der Waals surface area contributed by atoms with Gasteiger partial charge in [0, 0.05) is 13.1 Å². The SMILES string of the molecule is CCNc1ncc(C(=O)NCc2ccc(OC)cc2)s1. The summed E-state index contributed by atoms with van der Waals surface area (Å²) in [5, 5.41) is 6.72. The Balaban J connectivity index is 1.90. The molecule has 0 fully saturated rings. The lowest BCUT2D eigenvalue weighted by Gasteiger charge is -2.05. The molecule has 0 saturated heterocycles. The number of nitrogens with zero attached hydrogens (tertiary/aromatic N) is 1. The number of hydrogen-bond donors (Lipinski definition) is 2. The molecule has 0 unspecified atom stereocenters. The highest BCUT2D eigenvalue weighted by molar-refractivity contribution is 7.17. The van der Waals surface area contributed by atoms with Crippen molar-refractivity contribution in [3.8, 4) is 5.75 Å². The van der Waals surface area contributed by atoms with Crippen molar-refractivity contribution in [1.82, 2.24) is 10.3 Å². The zero-order chi connectivity index (χ0) is 14.4. The number of hydrogen-bond acceptors (Lipinski definition) is 5. The predicted octanol–water partition coefficient (Wildman–Crippen LogP) is 2.51. The number of benzene rings is 1. The van der Waals surface area contributed by atoms with Gasteiger partial charge in [0.2, 0.25) is 0 Å². The number of anilines is 1. The molecular weight excluding hydrogens is 274 g/mol. The first kappa shape index (κ1) is 14.3. The topological polar surface area (TPSA) is 63.2 Å². The van der Waals surface area contributed by atoms with Crippen molar-refractivity contribution in [2.24, 2.45) is 0 Å². The van der Waals surface area contributed by atoms with Crippen molar-refractivity contribution in [3.63, 3.8) is 0 Å². The standard InChI is InChI=1S/C14H17N3O2S/c1-3-15-14-17-9-12(20-14)13(18)16-8-10-4-6-11(19-2)7-5-10/h4-7,9H,3,8H2,1-2H3,(H,15,17)(H,16,18). The second-order valence-corrected chi connectivity index (χ2v) is 5.12. The molecule has 1 aromatic carbocycles. The molecule has 0 saturated carbocycles. The Kier molecular flexibility index (Phi) is 4.95. The molecular formula is C14H17N3O2S. The quantitative estimate of drug-likeness (QED) is 0.858. The minimum Gasteiger partial charge on any atom is -0.497 e. The van der Waals surface area contributed by atoms with Gasteiger partial charge in [-0.3, -0.25) is 4.79 Å². The van der Waals surface area contributed by atoms with E-state index in [1.807, 2.05) is 31.2 Å². The zero-order valence-corrected chi connectivity index (χ0v) is 12.3. The van der Waals surface area contributed by atoms with Crippen LogP contribution in [0.25, 0.3) is 0 Å². The van der Waals surface area contributed by atoms with Gasteiger partial charge in [-0.1, -0.05) is 23.5 Å². The summed E-state index contributed by atoms with van der Waals surface area (Å²) in [7, 11) is 1.63. The molecule has 1 heterocycles. The van der Waals surface area contributed by atoms with Crippen molar-refractivity contribution in [2.75, 3.05) is 19.0 Å². The van der Waals surface area contributed by atoms with Gasteiger partial charge in [0.15, 0.2) is 5.13 Å². The van der Waals surface area contributed by atoms with Gasteiger partial charge in [0.25, 0.3) is 5.91 Å². The van der Waals surface area contributed by atoms with Crippen molar-refractivity contribution in [3.05, 3.63) is 40.9 Å². The molecule has 5 nitrogen and oxygen atoms in total. The molecule has 6 heteroatoms. The summed E-state index contributed by atoms with van der Waals surface area (Å²) in [6.07, 6.45) is 1.59. The zero-order valence-electron chi connectivity index (χ0n) is 11.5. The summed E-state index contributed by atoms with van der Waals surface area (Å²) in [4.78, 5) is 16.7. The van der Waals surface area contributed by atoms with E-state index in [4.69, 9.17) is 4.74 Å². The second-order valence-electron chi connectivity index (χ2n) is 4.09. The van der Waals surface area contributed by atoms with E-state index in [-0.39, 0.29) is 5.91 Å².